The molecule has 0 atom stereocenters. The smallest absolute Gasteiger partial charge is 0.178 e. The number of benzene rings is 1. The Morgan fingerprint density at radius 1 is 0.708 bits per heavy atom. The van der Waals surface area contributed by atoms with Crippen molar-refractivity contribution < 1.29 is 14.7 Å². The first kappa shape index (κ1) is 19.9. The van der Waals surface area contributed by atoms with Crippen molar-refractivity contribution in [3.63, 3.8) is 0 Å². The molecule has 130 valence electrons. The summed E-state index contributed by atoms with van der Waals surface area (Å²) in [5.41, 5.74) is 3.65. The molecule has 3 nitrogen and oxygen atoms in total. The third-order valence-electron chi connectivity index (χ3n) is 3.72. The van der Waals surface area contributed by atoms with E-state index in [0.29, 0.717) is 5.75 Å². The van der Waals surface area contributed by atoms with Gasteiger partial charge in [-0.1, -0.05) is 47.6 Å². The molecule has 0 heterocycles. The zero-order chi connectivity index (χ0) is 18.7. The van der Waals surface area contributed by atoms with E-state index in [0.717, 1.165) is 5.56 Å². The van der Waals surface area contributed by atoms with Gasteiger partial charge in [0.15, 0.2) is 11.6 Å². The van der Waals surface area contributed by atoms with Crippen LogP contribution < -0.4 is 0 Å². The van der Waals surface area contributed by atoms with Crippen molar-refractivity contribution in [3.8, 4) is 5.75 Å². The van der Waals surface area contributed by atoms with Crippen molar-refractivity contribution in [2.75, 3.05) is 0 Å². The molecule has 0 saturated carbocycles. The highest BCUT2D eigenvalue weighted by Crippen LogP contribution is 2.40. The fourth-order valence-electron chi connectivity index (χ4n) is 2.86. The minimum Gasteiger partial charge on any atom is -0.508 e. The maximum absolute atomic E-state index is 10.3. The van der Waals surface area contributed by atoms with E-state index in [-0.39, 0.29) is 22.4 Å². The second-order valence-corrected chi connectivity index (χ2v) is 8.12. The third-order valence-corrected chi connectivity index (χ3v) is 3.72. The first-order chi connectivity index (χ1) is 10.8. The highest BCUT2D eigenvalue weighted by Gasteiger charge is 2.29. The lowest BCUT2D eigenvalue weighted by molar-refractivity contribution is -0.113. The van der Waals surface area contributed by atoms with Gasteiger partial charge in [0.05, 0.1) is 0 Å². The van der Waals surface area contributed by atoms with E-state index in [2.05, 4.69) is 48.5 Å². The number of phenols is 1. The van der Waals surface area contributed by atoms with Gasteiger partial charge in [-0.2, -0.15) is 0 Å². The number of hydrogen-bond donors (Lipinski definition) is 1. The van der Waals surface area contributed by atoms with Crippen LogP contribution in [0.5, 0.6) is 5.75 Å². The van der Waals surface area contributed by atoms with Gasteiger partial charge in [0, 0.05) is 5.56 Å². The number of aryl methyl sites for hydroxylation is 1. The lowest BCUT2D eigenvalue weighted by Crippen LogP contribution is -2.23. The molecule has 2 rings (SSSR count). The summed E-state index contributed by atoms with van der Waals surface area (Å²) in [5.74, 6) is 0.178. The predicted octanol–water partition coefficient (Wildman–Crippen LogP) is 4.55. The van der Waals surface area contributed by atoms with Crippen molar-refractivity contribution in [3.05, 3.63) is 53.1 Å². The maximum atomic E-state index is 10.3. The number of hydrogen-bond acceptors (Lipinski definition) is 3. The van der Waals surface area contributed by atoms with Gasteiger partial charge in [-0.15, -0.1) is 0 Å². The van der Waals surface area contributed by atoms with Gasteiger partial charge in [-0.05, 0) is 59.3 Å². The van der Waals surface area contributed by atoms with Crippen LogP contribution in [0.1, 0.15) is 58.2 Å². The normalized spacial score (nSPS) is 14.5. The SMILES string of the molecule is Cc1ccc(O)c(C(C)(C)C)c1C(C)(C)C.O=C1C=CC(=O)C=C1. The topological polar surface area (TPSA) is 54.4 Å². The van der Waals surface area contributed by atoms with E-state index in [4.69, 9.17) is 0 Å². The molecule has 0 aromatic heterocycles. The Balaban J connectivity index is 0.000000300. The Morgan fingerprint density at radius 3 is 1.38 bits per heavy atom. The number of phenolic OH excluding ortho intramolecular Hbond substituents is 1. The van der Waals surface area contributed by atoms with Crippen LogP contribution in [-0.4, -0.2) is 16.7 Å². The minimum absolute atomic E-state index is 0.0291. The molecular formula is C21H28O3. The first-order valence-corrected chi connectivity index (χ1v) is 8.11. The van der Waals surface area contributed by atoms with Crippen LogP contribution in [-0.2, 0) is 20.4 Å². The van der Waals surface area contributed by atoms with E-state index >= 15 is 0 Å². The van der Waals surface area contributed by atoms with Crippen LogP contribution in [0.15, 0.2) is 36.4 Å². The molecule has 1 N–H and O–H groups in total. The molecule has 1 aromatic carbocycles. The highest BCUT2D eigenvalue weighted by atomic mass is 16.3. The summed E-state index contributed by atoms with van der Waals surface area (Å²) in [7, 11) is 0. The summed E-state index contributed by atoms with van der Waals surface area (Å²) in [5, 5.41) is 10.1. The van der Waals surface area contributed by atoms with Gasteiger partial charge in [-0.3, -0.25) is 9.59 Å². The Labute approximate surface area is 145 Å². The van der Waals surface area contributed by atoms with E-state index in [1.54, 1.807) is 0 Å². The van der Waals surface area contributed by atoms with E-state index < -0.39 is 0 Å². The second kappa shape index (κ2) is 7.16. The Hall–Kier alpha value is -2.16. The van der Waals surface area contributed by atoms with Crippen molar-refractivity contribution in [1.82, 2.24) is 0 Å². The first-order valence-electron chi connectivity index (χ1n) is 8.11. The molecule has 0 fully saturated rings. The van der Waals surface area contributed by atoms with Crippen LogP contribution in [0.4, 0.5) is 0 Å². The minimum atomic E-state index is -0.121. The van der Waals surface area contributed by atoms with Crippen molar-refractivity contribution in [2.45, 2.75) is 59.3 Å². The molecule has 0 radical (unpaired) electrons. The zero-order valence-corrected chi connectivity index (χ0v) is 15.7. The summed E-state index contributed by atoms with van der Waals surface area (Å²) < 4.78 is 0. The average molecular weight is 328 g/mol. The molecule has 1 aliphatic rings. The van der Waals surface area contributed by atoms with Gasteiger partial charge < -0.3 is 5.11 Å². The maximum Gasteiger partial charge on any atom is 0.178 e. The number of carbonyl (C=O) groups excluding carboxylic acids is 2. The van der Waals surface area contributed by atoms with Crippen LogP contribution in [0.2, 0.25) is 0 Å². The molecule has 24 heavy (non-hydrogen) atoms. The monoisotopic (exact) mass is 328 g/mol. The largest absolute Gasteiger partial charge is 0.508 e. The zero-order valence-electron chi connectivity index (χ0n) is 15.7. The molecule has 1 aromatic rings. The Kier molecular flexibility index (Phi) is 5.94. The number of aromatic hydroxyl groups is 1. The fraction of sp³-hybridized carbons (Fsp3) is 0.429. The summed E-state index contributed by atoms with van der Waals surface area (Å²) in [6.45, 7) is 15.2. The summed E-state index contributed by atoms with van der Waals surface area (Å²) >= 11 is 0. The summed E-state index contributed by atoms with van der Waals surface area (Å²) in [6, 6.07) is 3.82. The molecule has 0 bridgehead atoms. The third kappa shape index (κ3) is 5.19. The Morgan fingerprint density at radius 2 is 1.08 bits per heavy atom. The molecule has 3 heteroatoms. The molecule has 0 unspecified atom stereocenters. The van der Waals surface area contributed by atoms with Crippen LogP contribution >= 0.6 is 0 Å². The summed E-state index contributed by atoms with van der Waals surface area (Å²) in [4.78, 5) is 20.6. The van der Waals surface area contributed by atoms with Crippen LogP contribution in [0, 0.1) is 6.92 Å². The van der Waals surface area contributed by atoms with Gasteiger partial charge in [0.2, 0.25) is 0 Å². The van der Waals surface area contributed by atoms with Gasteiger partial charge in [0.25, 0.3) is 0 Å². The number of rotatable bonds is 0. The molecule has 0 spiro atoms. The molecule has 0 amide bonds. The van der Waals surface area contributed by atoms with E-state index in [1.807, 2.05) is 12.1 Å². The predicted molar refractivity (Wildman–Crippen MR) is 98.5 cm³/mol. The summed E-state index contributed by atoms with van der Waals surface area (Å²) in [6.07, 6.45) is 5.01. The molecule has 1 aliphatic carbocycles. The van der Waals surface area contributed by atoms with E-state index in [9.17, 15) is 14.7 Å². The lowest BCUT2D eigenvalue weighted by Gasteiger charge is -2.32. The molecule has 0 saturated heterocycles. The highest BCUT2D eigenvalue weighted by molar-refractivity contribution is 6.14. The fourth-order valence-corrected chi connectivity index (χ4v) is 2.86. The van der Waals surface area contributed by atoms with Crippen molar-refractivity contribution >= 4 is 11.6 Å². The quantitative estimate of drug-likeness (QED) is 0.711. The van der Waals surface area contributed by atoms with Gasteiger partial charge in [0.1, 0.15) is 5.75 Å². The number of ketones is 2. The van der Waals surface area contributed by atoms with Gasteiger partial charge in [-0.25, -0.2) is 0 Å². The van der Waals surface area contributed by atoms with Crippen molar-refractivity contribution in [1.29, 1.82) is 0 Å². The molecular weight excluding hydrogens is 300 g/mol. The van der Waals surface area contributed by atoms with E-state index in [1.165, 1.54) is 35.4 Å². The van der Waals surface area contributed by atoms with Gasteiger partial charge >= 0.3 is 0 Å². The average Bonchev–Trinajstić information content (AvgIpc) is 2.42. The standard InChI is InChI=1S/C15H24O.C6H4O2/c1-10-8-9-11(16)13(15(5,6)7)12(10)14(2,3)4;7-5-1-2-6(8)4-3-5/h8-9,16H,1-7H3;1-4H. The number of carbonyl (C=O) groups is 2. The number of allylic oxidation sites excluding steroid dienone is 4. The second-order valence-electron chi connectivity index (χ2n) is 8.12. The van der Waals surface area contributed by atoms with Crippen molar-refractivity contribution in [2.24, 2.45) is 0 Å². The van der Waals surface area contributed by atoms with Crippen LogP contribution in [0.25, 0.3) is 0 Å². The Bertz CT molecular complexity index is 616. The lowest BCUT2D eigenvalue weighted by atomic mass is 9.73. The van der Waals surface area contributed by atoms with Crippen LogP contribution in [0.3, 0.4) is 0 Å². The molecule has 0 aliphatic heterocycles.